The maximum absolute atomic E-state index is 5.12. The zero-order valence-corrected chi connectivity index (χ0v) is 10.6. The molecule has 2 N–H and O–H groups in total. The van der Waals surface area contributed by atoms with Gasteiger partial charge in [0.05, 0.1) is 0 Å². The smallest absolute Gasteiger partial charge is 0.131 e. The van der Waals surface area contributed by atoms with Crippen LogP contribution in [-0.4, -0.2) is 16.0 Å². The molecule has 0 atom stereocenters. The summed E-state index contributed by atoms with van der Waals surface area (Å²) in [5, 5.41) is 3.30. The van der Waals surface area contributed by atoms with Gasteiger partial charge in [0, 0.05) is 18.5 Å². The van der Waals surface area contributed by atoms with Crippen molar-refractivity contribution < 1.29 is 0 Å². The van der Waals surface area contributed by atoms with Crippen LogP contribution < -0.4 is 5.32 Å². The van der Waals surface area contributed by atoms with Crippen molar-refractivity contribution in [2.75, 3.05) is 5.32 Å². The van der Waals surface area contributed by atoms with E-state index >= 15 is 0 Å². The number of hydrogen-bond acceptors (Lipinski definition) is 3. The molecule has 0 aliphatic heterocycles. The van der Waals surface area contributed by atoms with Crippen molar-refractivity contribution in [1.29, 1.82) is 0 Å². The van der Waals surface area contributed by atoms with Gasteiger partial charge >= 0.3 is 0 Å². The van der Waals surface area contributed by atoms with Crippen molar-refractivity contribution in [3.8, 4) is 0 Å². The van der Waals surface area contributed by atoms with E-state index in [0.717, 1.165) is 18.1 Å². The molecule has 84 valence electrons. The number of anilines is 1. The number of nitrogens with one attached hydrogen (secondary N) is 2. The highest BCUT2D eigenvalue weighted by molar-refractivity contribution is 7.71. The summed E-state index contributed by atoms with van der Waals surface area (Å²) in [4.78, 5) is 7.56. The van der Waals surface area contributed by atoms with Gasteiger partial charge in [-0.1, -0.05) is 26.1 Å². The molecule has 3 nitrogen and oxygen atoms in total. The minimum absolute atomic E-state index is 0.393. The second kappa shape index (κ2) is 5.26. The van der Waals surface area contributed by atoms with Crippen molar-refractivity contribution in [3.63, 3.8) is 0 Å². The van der Waals surface area contributed by atoms with Gasteiger partial charge < -0.3 is 10.3 Å². The normalized spacial score (nSPS) is 11.1. The lowest BCUT2D eigenvalue weighted by Gasteiger charge is -2.12. The van der Waals surface area contributed by atoms with E-state index in [0.29, 0.717) is 16.6 Å². The van der Waals surface area contributed by atoms with Crippen molar-refractivity contribution in [1.82, 2.24) is 9.97 Å². The maximum Gasteiger partial charge on any atom is 0.131 e. The van der Waals surface area contributed by atoms with Crippen LogP contribution in [0.4, 0.5) is 5.82 Å². The van der Waals surface area contributed by atoms with Gasteiger partial charge in [-0.3, -0.25) is 0 Å². The molecule has 0 unspecified atom stereocenters. The molecule has 0 fully saturated rings. The Morgan fingerprint density at radius 3 is 2.60 bits per heavy atom. The minimum Gasteiger partial charge on any atom is -0.369 e. The third-order valence-electron chi connectivity index (χ3n) is 1.84. The van der Waals surface area contributed by atoms with Crippen LogP contribution in [0.3, 0.4) is 0 Å². The van der Waals surface area contributed by atoms with Crippen molar-refractivity contribution in [2.24, 2.45) is 5.92 Å². The van der Waals surface area contributed by atoms with E-state index < -0.39 is 0 Å². The molecule has 15 heavy (non-hydrogen) atoms. The van der Waals surface area contributed by atoms with Gasteiger partial charge in [-0.05, 0) is 19.8 Å². The van der Waals surface area contributed by atoms with E-state index in [1.165, 1.54) is 0 Å². The summed E-state index contributed by atoms with van der Waals surface area (Å²) in [6, 6.07) is 2.25. The number of rotatable bonds is 4. The molecule has 0 spiro atoms. The molecule has 1 aromatic rings. The first kappa shape index (κ1) is 12.2. The molecule has 0 aliphatic carbocycles. The summed E-state index contributed by atoms with van der Waals surface area (Å²) in [7, 11) is 0. The van der Waals surface area contributed by atoms with E-state index in [-0.39, 0.29) is 0 Å². The second-order valence-electron chi connectivity index (χ2n) is 4.48. The first-order valence-electron chi connectivity index (χ1n) is 5.34. The van der Waals surface area contributed by atoms with Crippen LogP contribution in [0.2, 0.25) is 0 Å². The van der Waals surface area contributed by atoms with Gasteiger partial charge in [0.2, 0.25) is 0 Å². The predicted octanol–water partition coefficient (Wildman–Crippen LogP) is 3.16. The maximum atomic E-state index is 5.12. The molecule has 0 amide bonds. The predicted molar refractivity (Wildman–Crippen MR) is 66.7 cm³/mol. The Labute approximate surface area is 96.3 Å². The highest BCUT2D eigenvalue weighted by Gasteiger charge is 2.02. The Bertz CT molecular complexity index is 337. The number of H-pyrrole nitrogens is 1. The van der Waals surface area contributed by atoms with Gasteiger partial charge in [-0.2, -0.15) is 0 Å². The van der Waals surface area contributed by atoms with Crippen LogP contribution in [0.5, 0.6) is 0 Å². The van der Waals surface area contributed by atoms with Crippen molar-refractivity contribution in [3.05, 3.63) is 16.5 Å². The molecule has 1 heterocycles. The zero-order chi connectivity index (χ0) is 11.4. The first-order chi connectivity index (χ1) is 6.97. The Kier molecular flexibility index (Phi) is 4.27. The fraction of sp³-hybridized carbons (Fsp3) is 0.636. The quantitative estimate of drug-likeness (QED) is 0.773. The second-order valence-corrected chi connectivity index (χ2v) is 4.90. The van der Waals surface area contributed by atoms with Crippen LogP contribution in [0.1, 0.15) is 33.5 Å². The zero-order valence-electron chi connectivity index (χ0n) is 9.79. The first-order valence-corrected chi connectivity index (χ1v) is 5.75. The Morgan fingerprint density at radius 2 is 2.07 bits per heavy atom. The van der Waals surface area contributed by atoms with E-state index in [1.807, 2.05) is 6.07 Å². The number of hydrogen-bond donors (Lipinski definition) is 2. The van der Waals surface area contributed by atoms with Gasteiger partial charge in [0.25, 0.3) is 0 Å². The Hall–Kier alpha value is -0.900. The van der Waals surface area contributed by atoms with Gasteiger partial charge in [0.15, 0.2) is 0 Å². The van der Waals surface area contributed by atoms with Gasteiger partial charge in [-0.25, -0.2) is 4.98 Å². The lowest BCUT2D eigenvalue weighted by atomic mass is 10.1. The van der Waals surface area contributed by atoms with Crippen LogP contribution in [-0.2, 0) is 6.42 Å². The molecular weight excluding hydrogens is 206 g/mol. The molecule has 4 heteroatoms. The van der Waals surface area contributed by atoms with E-state index in [2.05, 4.69) is 43.0 Å². The van der Waals surface area contributed by atoms with Gasteiger partial charge in [-0.15, -0.1) is 0 Å². The fourth-order valence-corrected chi connectivity index (χ4v) is 1.61. The lowest BCUT2D eigenvalue weighted by Crippen LogP contribution is -2.12. The summed E-state index contributed by atoms with van der Waals surface area (Å²) >= 11 is 5.12. The lowest BCUT2D eigenvalue weighted by molar-refractivity contribution is 0.620. The minimum atomic E-state index is 0.393. The summed E-state index contributed by atoms with van der Waals surface area (Å²) in [6.07, 6.45) is 0.928. The fourth-order valence-electron chi connectivity index (χ4n) is 1.38. The van der Waals surface area contributed by atoms with Crippen molar-refractivity contribution >= 4 is 18.0 Å². The SMILES string of the molecule is CC(C)Cc1nc(=S)cc(NC(C)C)[nH]1. The highest BCUT2D eigenvalue weighted by atomic mass is 32.1. The third-order valence-corrected chi connectivity index (χ3v) is 2.05. The number of aromatic amines is 1. The summed E-state index contributed by atoms with van der Waals surface area (Å²) in [5.74, 6) is 2.50. The standard InChI is InChI=1S/C11H19N3S/c1-7(2)5-9-13-10(12-8(3)4)6-11(15)14-9/h6-8H,5H2,1-4H3,(H2,12,13,14,15). The van der Waals surface area contributed by atoms with E-state index in [1.54, 1.807) is 0 Å². The molecule has 0 bridgehead atoms. The topological polar surface area (TPSA) is 40.7 Å². The van der Waals surface area contributed by atoms with Crippen LogP contribution in [0.25, 0.3) is 0 Å². The molecular formula is C11H19N3S. The monoisotopic (exact) mass is 225 g/mol. The third kappa shape index (κ3) is 4.42. The number of nitrogens with zero attached hydrogens (tertiary/aromatic N) is 1. The molecule has 1 aromatic heterocycles. The Morgan fingerprint density at radius 1 is 1.40 bits per heavy atom. The summed E-state index contributed by atoms with van der Waals surface area (Å²) in [6.45, 7) is 8.53. The molecule has 0 saturated heterocycles. The van der Waals surface area contributed by atoms with Gasteiger partial charge in [0.1, 0.15) is 16.3 Å². The molecule has 1 rings (SSSR count). The molecule has 0 aromatic carbocycles. The molecule has 0 aliphatic rings. The average Bonchev–Trinajstić information content (AvgIpc) is 1.98. The number of aromatic nitrogens is 2. The van der Waals surface area contributed by atoms with Crippen LogP contribution >= 0.6 is 12.2 Å². The van der Waals surface area contributed by atoms with E-state index in [9.17, 15) is 0 Å². The molecule has 0 saturated carbocycles. The van der Waals surface area contributed by atoms with Crippen LogP contribution in [0.15, 0.2) is 6.07 Å². The Balaban J connectivity index is 2.90. The molecule has 0 radical (unpaired) electrons. The largest absolute Gasteiger partial charge is 0.369 e. The van der Waals surface area contributed by atoms with Crippen LogP contribution in [0, 0.1) is 10.6 Å². The summed E-state index contributed by atoms with van der Waals surface area (Å²) in [5.41, 5.74) is 0. The highest BCUT2D eigenvalue weighted by Crippen LogP contribution is 2.08. The van der Waals surface area contributed by atoms with E-state index in [4.69, 9.17) is 12.2 Å². The summed E-state index contributed by atoms with van der Waals surface area (Å²) < 4.78 is 0.646. The van der Waals surface area contributed by atoms with Crippen molar-refractivity contribution in [2.45, 2.75) is 40.2 Å². The average molecular weight is 225 g/mol.